The van der Waals surface area contributed by atoms with Crippen LogP contribution in [0, 0.1) is 0 Å². The lowest BCUT2D eigenvalue weighted by atomic mass is 10.1. The Kier molecular flexibility index (Phi) is 6.85. The van der Waals surface area contributed by atoms with Gasteiger partial charge in [-0.1, -0.05) is 13.3 Å². The van der Waals surface area contributed by atoms with Crippen molar-refractivity contribution in [2.45, 2.75) is 57.9 Å². The van der Waals surface area contributed by atoms with Crippen LogP contribution in [0.25, 0.3) is 10.9 Å². The van der Waals surface area contributed by atoms with Gasteiger partial charge in [0.15, 0.2) is 0 Å². The maximum Gasteiger partial charge on any atom is 0.341 e. The van der Waals surface area contributed by atoms with Crippen molar-refractivity contribution >= 4 is 28.4 Å². The summed E-state index contributed by atoms with van der Waals surface area (Å²) in [5.41, 5.74) is 3.57. The molecule has 3 aromatic rings. The minimum absolute atomic E-state index is 0.275. The number of halogens is 1. The quantitative estimate of drug-likeness (QED) is 0.288. The topological polar surface area (TPSA) is 56.1 Å². The van der Waals surface area contributed by atoms with E-state index in [0.717, 1.165) is 60.8 Å². The molecule has 6 heteroatoms. The molecule has 164 valence electrons. The average Bonchev–Trinajstić information content (AvgIpc) is 3.56. The summed E-state index contributed by atoms with van der Waals surface area (Å²) in [5, 5.41) is 4.40. The summed E-state index contributed by atoms with van der Waals surface area (Å²) in [7, 11) is 0. The van der Waals surface area contributed by atoms with Gasteiger partial charge in [0.25, 0.3) is 0 Å². The summed E-state index contributed by atoms with van der Waals surface area (Å²) in [4.78, 5) is 17.3. The minimum Gasteiger partial charge on any atom is -0.462 e. The third-order valence-corrected chi connectivity index (χ3v) is 5.72. The van der Waals surface area contributed by atoms with Crippen molar-refractivity contribution in [1.29, 1.82) is 0 Å². The number of aryl methyl sites for hydroxylation is 1. The van der Waals surface area contributed by atoms with Crippen LogP contribution in [-0.4, -0.2) is 28.8 Å². The summed E-state index contributed by atoms with van der Waals surface area (Å²) < 4.78 is 20.0. The van der Waals surface area contributed by atoms with Gasteiger partial charge < -0.3 is 14.6 Å². The van der Waals surface area contributed by atoms with Gasteiger partial charge in [0, 0.05) is 35.5 Å². The lowest BCUT2D eigenvalue weighted by Gasteiger charge is -2.13. The number of aromatic nitrogens is 2. The van der Waals surface area contributed by atoms with Crippen molar-refractivity contribution in [3.63, 3.8) is 0 Å². The first-order valence-electron chi connectivity index (χ1n) is 11.3. The number of pyridine rings is 1. The number of nitrogens with zero attached hydrogens (tertiary/aromatic N) is 2. The highest BCUT2D eigenvalue weighted by Crippen LogP contribution is 2.40. The van der Waals surface area contributed by atoms with Crippen molar-refractivity contribution in [3.8, 4) is 0 Å². The van der Waals surface area contributed by atoms with Crippen LogP contribution in [-0.2, 0) is 11.3 Å². The van der Waals surface area contributed by atoms with Crippen molar-refractivity contribution in [1.82, 2.24) is 9.55 Å². The second-order valence-corrected chi connectivity index (χ2v) is 8.23. The highest BCUT2D eigenvalue weighted by Gasteiger charge is 2.26. The fourth-order valence-corrected chi connectivity index (χ4v) is 3.75. The van der Waals surface area contributed by atoms with Gasteiger partial charge in [-0.15, -0.1) is 0 Å². The number of ether oxygens (including phenoxy) is 1. The molecule has 1 aliphatic rings. The highest BCUT2D eigenvalue weighted by atomic mass is 19.1. The first-order valence-corrected chi connectivity index (χ1v) is 11.3. The van der Waals surface area contributed by atoms with Crippen LogP contribution in [0.3, 0.4) is 0 Å². The zero-order valence-electron chi connectivity index (χ0n) is 18.1. The molecule has 0 unspecified atom stereocenters. The van der Waals surface area contributed by atoms with Crippen LogP contribution in [0.1, 0.15) is 67.3 Å². The van der Waals surface area contributed by atoms with Gasteiger partial charge >= 0.3 is 5.97 Å². The number of rotatable bonds is 11. The smallest absolute Gasteiger partial charge is 0.341 e. The van der Waals surface area contributed by atoms with Crippen molar-refractivity contribution in [2.24, 2.45) is 0 Å². The van der Waals surface area contributed by atoms with Crippen LogP contribution >= 0.6 is 0 Å². The summed E-state index contributed by atoms with van der Waals surface area (Å²) >= 11 is 0. The Morgan fingerprint density at radius 1 is 1.23 bits per heavy atom. The zero-order chi connectivity index (χ0) is 21.6. The molecule has 1 saturated carbocycles. The molecule has 0 bridgehead atoms. The van der Waals surface area contributed by atoms with E-state index in [-0.39, 0.29) is 12.6 Å². The number of carbonyl (C=O) groups is 1. The first-order chi connectivity index (χ1) is 15.2. The van der Waals surface area contributed by atoms with Gasteiger partial charge in [-0.3, -0.25) is 4.39 Å². The van der Waals surface area contributed by atoms with Crippen molar-refractivity contribution in [2.75, 3.05) is 18.6 Å². The molecule has 0 amide bonds. The van der Waals surface area contributed by atoms with E-state index < -0.39 is 0 Å². The van der Waals surface area contributed by atoms with Gasteiger partial charge in [0.2, 0.25) is 0 Å². The van der Waals surface area contributed by atoms with Crippen molar-refractivity contribution < 1.29 is 13.9 Å². The Hall–Kier alpha value is -2.89. The standard InChI is InChI=1S/C25H30FN3O2/c1-2-3-14-31-25(30)22-16-20(18-6-7-18)17-27-24(22)28-21-8-9-23-19(15-21)10-13-29(23)12-5-4-11-26/h8-10,13,15-18H,2-7,11-12,14H2,1H3,(H,27,28). The van der Waals surface area contributed by atoms with E-state index in [1.807, 2.05) is 36.7 Å². The van der Waals surface area contributed by atoms with Crippen molar-refractivity contribution in [3.05, 3.63) is 53.9 Å². The van der Waals surface area contributed by atoms with Crippen LogP contribution in [0.4, 0.5) is 15.9 Å². The van der Waals surface area contributed by atoms with E-state index in [9.17, 15) is 9.18 Å². The minimum atomic E-state index is -0.328. The number of esters is 1. The molecule has 2 heterocycles. The Labute approximate surface area is 182 Å². The number of fused-ring (bicyclic) bond motifs is 1. The average molecular weight is 424 g/mol. The first kappa shape index (κ1) is 21.3. The normalized spacial score (nSPS) is 13.5. The fraction of sp³-hybridized carbons (Fsp3) is 0.440. The molecule has 1 aromatic carbocycles. The fourth-order valence-electron chi connectivity index (χ4n) is 3.75. The number of alkyl halides is 1. The molecular formula is C25H30FN3O2. The SMILES string of the molecule is CCCCOC(=O)c1cc(C2CC2)cnc1Nc1ccc2c(ccn2CCCCF)c1. The number of hydrogen-bond acceptors (Lipinski definition) is 4. The van der Waals surface area contributed by atoms with Crippen LogP contribution < -0.4 is 5.32 Å². The summed E-state index contributed by atoms with van der Waals surface area (Å²) in [6.07, 6.45) is 9.43. The van der Waals surface area contributed by atoms with E-state index in [0.29, 0.717) is 30.3 Å². The number of nitrogens with one attached hydrogen (secondary N) is 1. The predicted molar refractivity (Wildman–Crippen MR) is 122 cm³/mol. The van der Waals surface area contributed by atoms with E-state index in [1.54, 1.807) is 0 Å². The monoisotopic (exact) mass is 423 g/mol. The largest absolute Gasteiger partial charge is 0.462 e. The Morgan fingerprint density at radius 3 is 2.87 bits per heavy atom. The highest BCUT2D eigenvalue weighted by molar-refractivity contribution is 5.96. The van der Waals surface area contributed by atoms with E-state index in [4.69, 9.17) is 4.74 Å². The Morgan fingerprint density at radius 2 is 2.10 bits per heavy atom. The second-order valence-electron chi connectivity index (χ2n) is 8.23. The number of unbranched alkanes of at least 4 members (excludes halogenated alkanes) is 2. The molecule has 5 nitrogen and oxygen atoms in total. The second kappa shape index (κ2) is 9.94. The third-order valence-electron chi connectivity index (χ3n) is 5.72. The molecule has 0 spiro atoms. The lowest BCUT2D eigenvalue weighted by Crippen LogP contribution is -2.11. The molecule has 0 atom stereocenters. The molecule has 1 fully saturated rings. The molecule has 0 saturated heterocycles. The molecule has 31 heavy (non-hydrogen) atoms. The van der Waals surface area contributed by atoms with Gasteiger partial charge in [0.05, 0.1) is 13.3 Å². The van der Waals surface area contributed by atoms with Gasteiger partial charge in [-0.25, -0.2) is 9.78 Å². The molecule has 0 radical (unpaired) electrons. The number of hydrogen-bond donors (Lipinski definition) is 1. The molecule has 1 aliphatic carbocycles. The lowest BCUT2D eigenvalue weighted by molar-refractivity contribution is 0.0500. The Balaban J connectivity index is 1.54. The van der Waals surface area contributed by atoms with E-state index in [2.05, 4.69) is 27.9 Å². The van der Waals surface area contributed by atoms with Crippen LogP contribution in [0.5, 0.6) is 0 Å². The Bertz CT molecular complexity index is 1040. The molecule has 0 aliphatic heterocycles. The van der Waals surface area contributed by atoms with Crippen LogP contribution in [0.2, 0.25) is 0 Å². The molecule has 1 N–H and O–H groups in total. The van der Waals surface area contributed by atoms with Crippen LogP contribution in [0.15, 0.2) is 42.7 Å². The van der Waals surface area contributed by atoms with E-state index >= 15 is 0 Å². The molecule has 2 aromatic heterocycles. The van der Waals surface area contributed by atoms with Gasteiger partial charge in [-0.05, 0) is 73.9 Å². The summed E-state index contributed by atoms with van der Waals surface area (Å²) in [5.74, 6) is 0.705. The zero-order valence-corrected chi connectivity index (χ0v) is 18.1. The molecule has 4 rings (SSSR count). The summed E-state index contributed by atoms with van der Waals surface area (Å²) in [6.45, 7) is 3.02. The maximum atomic E-state index is 12.7. The van der Waals surface area contributed by atoms with Gasteiger partial charge in [0.1, 0.15) is 11.4 Å². The maximum absolute atomic E-state index is 12.7. The third kappa shape index (κ3) is 5.24. The number of anilines is 2. The van der Waals surface area contributed by atoms with E-state index in [1.165, 1.54) is 0 Å². The number of carbonyl (C=O) groups excluding carboxylic acids is 1. The molecular weight excluding hydrogens is 393 g/mol. The van der Waals surface area contributed by atoms with Gasteiger partial charge in [-0.2, -0.15) is 0 Å². The summed E-state index contributed by atoms with van der Waals surface area (Å²) in [6, 6.07) is 10.1. The predicted octanol–water partition coefficient (Wildman–Crippen LogP) is 6.36. The number of benzene rings is 1.